The summed E-state index contributed by atoms with van der Waals surface area (Å²) in [5.41, 5.74) is 5.15. The molecule has 470 valence electrons. The van der Waals surface area contributed by atoms with Crippen LogP contribution in [0.15, 0.2) is 175 Å². The van der Waals surface area contributed by atoms with Gasteiger partial charge in [0.25, 0.3) is 0 Å². The Hall–Kier alpha value is -5.22. The number of nitrogens with zero attached hydrogens (tertiary/aromatic N) is 6. The van der Waals surface area contributed by atoms with E-state index < -0.39 is 60.1 Å². The molecule has 0 heterocycles. The summed E-state index contributed by atoms with van der Waals surface area (Å²) in [4.78, 5) is 0.345. The molecule has 0 spiro atoms. The number of hydrogen-bond acceptors (Lipinski definition) is 12. The van der Waals surface area contributed by atoms with Crippen molar-refractivity contribution in [3.63, 3.8) is 0 Å². The molecule has 0 aliphatic rings. The highest BCUT2D eigenvalue weighted by molar-refractivity contribution is 7.90. The van der Waals surface area contributed by atoms with Gasteiger partial charge in [0.05, 0.1) is 29.4 Å². The summed E-state index contributed by atoms with van der Waals surface area (Å²) in [6.07, 6.45) is 0.709. The molecule has 0 amide bonds. The minimum atomic E-state index is -4.20. The third-order valence-electron chi connectivity index (χ3n) is 15.0. The fourth-order valence-electron chi connectivity index (χ4n) is 9.73. The molecule has 0 aliphatic heterocycles. The Kier molecular flexibility index (Phi) is 25.0. The zero-order valence-corrected chi connectivity index (χ0v) is 55.5. The van der Waals surface area contributed by atoms with E-state index in [4.69, 9.17) is 0 Å². The molecule has 86 heavy (non-hydrogen) atoms. The third kappa shape index (κ3) is 18.2. The molecule has 0 unspecified atom stereocenters. The van der Waals surface area contributed by atoms with Crippen LogP contribution in [-0.4, -0.2) is 155 Å². The second-order valence-corrected chi connectivity index (χ2v) is 33.2. The molecule has 6 aromatic carbocycles. The quantitative estimate of drug-likeness (QED) is 0.0339. The lowest BCUT2D eigenvalue weighted by Gasteiger charge is -2.28. The molecule has 0 aromatic heterocycles. The van der Waals surface area contributed by atoms with Gasteiger partial charge in [-0.25, -0.2) is 50.5 Å². The molecule has 0 saturated carbocycles. The highest BCUT2D eigenvalue weighted by atomic mass is 32.2. The standard InChI is InChI=1S/C62H84N6O12S6/c1-9-63(81(69,70)57-29-17-51(3)18-30-57)43-13-45-67(85(77,78)61-37-25-55(7)26-38-61)49-15-47-65(83(73,74)59-33-21-53(5)22-34-59)41-11-12-42-66(84(75,76)60-35-23-54(6)24-36-60)48-16-50-68(86(79,80)62-39-27-56(8)28-40-62)46-14-44-64(10-2)82(71,72)58-31-19-52(4)20-32-58/h17-40H,9-16,41-50H2,1-8H3. The van der Waals surface area contributed by atoms with E-state index in [1.54, 1.807) is 86.6 Å². The lowest BCUT2D eigenvalue weighted by Crippen LogP contribution is -2.39. The molecule has 0 N–H and O–H groups in total. The summed E-state index contributed by atoms with van der Waals surface area (Å²) >= 11 is 0. The average Bonchev–Trinajstić information content (AvgIpc) is 3.64. The van der Waals surface area contributed by atoms with E-state index in [2.05, 4.69) is 0 Å². The lowest BCUT2D eigenvalue weighted by atomic mass is 10.2. The van der Waals surface area contributed by atoms with Gasteiger partial charge < -0.3 is 0 Å². The highest BCUT2D eigenvalue weighted by Gasteiger charge is 2.32. The lowest BCUT2D eigenvalue weighted by molar-refractivity contribution is 0.326. The van der Waals surface area contributed by atoms with E-state index in [1.165, 1.54) is 98.6 Å². The van der Waals surface area contributed by atoms with E-state index >= 15 is 0 Å². The fraction of sp³-hybridized carbons (Fsp3) is 0.419. The van der Waals surface area contributed by atoms with E-state index in [-0.39, 0.29) is 146 Å². The van der Waals surface area contributed by atoms with Crippen molar-refractivity contribution in [2.24, 2.45) is 0 Å². The predicted octanol–water partition coefficient (Wildman–Crippen LogP) is 9.36. The summed E-state index contributed by atoms with van der Waals surface area (Å²) in [5, 5.41) is 0. The zero-order valence-electron chi connectivity index (χ0n) is 50.6. The van der Waals surface area contributed by atoms with Gasteiger partial charge in [-0.15, -0.1) is 0 Å². The normalized spacial score (nSPS) is 13.0. The van der Waals surface area contributed by atoms with Crippen LogP contribution in [0.4, 0.5) is 0 Å². The summed E-state index contributed by atoms with van der Waals surface area (Å²) in [7, 11) is -24.5. The minimum absolute atomic E-state index is 0.0174. The number of rotatable bonds is 35. The first kappa shape index (κ1) is 69.9. The van der Waals surface area contributed by atoms with Crippen LogP contribution < -0.4 is 0 Å². The largest absolute Gasteiger partial charge is 0.243 e. The van der Waals surface area contributed by atoms with Crippen molar-refractivity contribution >= 4 is 60.1 Å². The maximum Gasteiger partial charge on any atom is 0.243 e. The van der Waals surface area contributed by atoms with Crippen molar-refractivity contribution in [3.05, 3.63) is 179 Å². The summed E-state index contributed by atoms with van der Waals surface area (Å²) in [6.45, 7) is 14.0. The molecule has 0 atom stereocenters. The average molecular weight is 1300 g/mol. The summed E-state index contributed by atoms with van der Waals surface area (Å²) in [6, 6.07) is 38.5. The number of hydrogen-bond donors (Lipinski definition) is 0. The topological polar surface area (TPSA) is 224 Å². The van der Waals surface area contributed by atoms with E-state index in [0.717, 1.165) is 33.4 Å². The van der Waals surface area contributed by atoms with Gasteiger partial charge in [-0.1, -0.05) is 120 Å². The first-order valence-electron chi connectivity index (χ1n) is 29.0. The smallest absolute Gasteiger partial charge is 0.207 e. The number of aryl methyl sites for hydroxylation is 6. The molecule has 0 aliphatic carbocycles. The van der Waals surface area contributed by atoms with Crippen LogP contribution in [0.5, 0.6) is 0 Å². The Morgan fingerprint density at radius 2 is 0.337 bits per heavy atom. The molecular formula is C62H84N6O12S6. The maximum atomic E-state index is 14.6. The van der Waals surface area contributed by atoms with Crippen LogP contribution in [0.3, 0.4) is 0 Å². The van der Waals surface area contributed by atoms with Crippen LogP contribution in [0, 0.1) is 41.5 Å². The second-order valence-electron chi connectivity index (χ2n) is 21.6. The highest BCUT2D eigenvalue weighted by Crippen LogP contribution is 2.26. The van der Waals surface area contributed by atoms with Gasteiger partial charge in [-0.2, -0.15) is 25.8 Å². The van der Waals surface area contributed by atoms with Crippen molar-refractivity contribution in [1.82, 2.24) is 25.8 Å². The molecule has 24 heteroatoms. The minimum Gasteiger partial charge on any atom is -0.207 e. The molecule has 0 saturated heterocycles. The molecule has 0 fully saturated rings. The number of unbranched alkanes of at least 4 members (excludes halogenated alkanes) is 1. The Balaban J connectivity index is 1.21. The first-order chi connectivity index (χ1) is 40.5. The van der Waals surface area contributed by atoms with Gasteiger partial charge in [0.2, 0.25) is 60.1 Å². The fourth-order valence-corrected chi connectivity index (χ4v) is 18.8. The monoisotopic (exact) mass is 1300 g/mol. The van der Waals surface area contributed by atoms with Crippen molar-refractivity contribution < 1.29 is 50.5 Å². The van der Waals surface area contributed by atoms with Gasteiger partial charge in [-0.3, -0.25) is 0 Å². The first-order valence-corrected chi connectivity index (χ1v) is 37.6. The summed E-state index contributed by atoms with van der Waals surface area (Å²) in [5.74, 6) is 0. The van der Waals surface area contributed by atoms with Crippen LogP contribution in [-0.2, 0) is 60.1 Å². The van der Waals surface area contributed by atoms with Crippen LogP contribution in [0.2, 0.25) is 0 Å². The third-order valence-corrected chi connectivity index (χ3v) is 26.6. The van der Waals surface area contributed by atoms with Gasteiger partial charge >= 0.3 is 0 Å². The molecule has 6 rings (SSSR count). The van der Waals surface area contributed by atoms with E-state index in [9.17, 15) is 50.5 Å². The van der Waals surface area contributed by atoms with E-state index in [1.807, 2.05) is 41.5 Å². The zero-order chi connectivity index (χ0) is 63.1. The summed E-state index contributed by atoms with van der Waals surface area (Å²) < 4.78 is 178. The molecule has 0 bridgehead atoms. The predicted molar refractivity (Wildman–Crippen MR) is 339 cm³/mol. The van der Waals surface area contributed by atoms with Crippen LogP contribution >= 0.6 is 0 Å². The Morgan fingerprint density at radius 1 is 0.209 bits per heavy atom. The van der Waals surface area contributed by atoms with Gasteiger partial charge in [0.1, 0.15) is 0 Å². The number of benzene rings is 6. The SMILES string of the molecule is CCN(CCCN(CCCN(CCCCN(CCCN(CCCN(CC)S(=O)(=O)c1ccc(C)cc1)S(=O)(=O)c1ccc(C)cc1)S(=O)(=O)c1ccc(C)cc1)S(=O)(=O)c1ccc(C)cc1)S(=O)(=O)c1ccc(C)cc1)S(=O)(=O)c1ccc(C)cc1. The maximum absolute atomic E-state index is 14.6. The molecular weight excluding hydrogens is 1210 g/mol. The van der Waals surface area contributed by atoms with Gasteiger partial charge in [0, 0.05) is 78.5 Å². The molecule has 0 radical (unpaired) electrons. The Labute approximate surface area is 513 Å². The Morgan fingerprint density at radius 3 is 0.488 bits per heavy atom. The number of sulfonamides is 6. The van der Waals surface area contributed by atoms with E-state index in [0.29, 0.717) is 0 Å². The van der Waals surface area contributed by atoms with Crippen LogP contribution in [0.1, 0.15) is 85.8 Å². The molecule has 6 aromatic rings. The van der Waals surface area contributed by atoms with Crippen molar-refractivity contribution in [3.8, 4) is 0 Å². The van der Waals surface area contributed by atoms with Crippen LogP contribution in [0.25, 0.3) is 0 Å². The van der Waals surface area contributed by atoms with Crippen molar-refractivity contribution in [2.45, 2.75) is 123 Å². The van der Waals surface area contributed by atoms with Gasteiger partial charge in [0.15, 0.2) is 0 Å². The van der Waals surface area contributed by atoms with Crippen molar-refractivity contribution in [2.75, 3.05) is 78.5 Å². The van der Waals surface area contributed by atoms with Gasteiger partial charge in [-0.05, 0) is 153 Å². The Bertz CT molecular complexity index is 3600. The second kappa shape index (κ2) is 30.8. The van der Waals surface area contributed by atoms with Crippen molar-refractivity contribution in [1.29, 1.82) is 0 Å². The molecule has 18 nitrogen and oxygen atoms in total.